The molecule has 11 aromatic carbocycles. The second-order valence-corrected chi connectivity index (χ2v) is 18.2. The maximum absolute atomic E-state index is 17.3. The molecule has 2 aromatic heterocycles. The van der Waals surface area contributed by atoms with Crippen LogP contribution in [0.2, 0.25) is 0 Å². The SMILES string of the molecule is C=Cc1c(N(c2c(C)cccc2-c2ccccc2)c2cccc3c2oc2ccccc23)ccc2ccc3c(N(c4c(F)cccc4-c4ccccc4)c4cccc5c4oc4ccccc45)ccc(C)c3c12. The van der Waals surface area contributed by atoms with Crippen LogP contribution in [0.1, 0.15) is 16.7 Å². The highest BCUT2D eigenvalue weighted by Gasteiger charge is 2.29. The number of halogens is 1. The maximum Gasteiger partial charge on any atom is 0.159 e. The van der Waals surface area contributed by atoms with Gasteiger partial charge in [-0.2, -0.15) is 0 Å². The van der Waals surface area contributed by atoms with Crippen molar-refractivity contribution in [2.45, 2.75) is 13.8 Å². The summed E-state index contributed by atoms with van der Waals surface area (Å²) < 4.78 is 31.0. The van der Waals surface area contributed by atoms with Crippen molar-refractivity contribution in [1.29, 1.82) is 0 Å². The van der Waals surface area contributed by atoms with Crippen molar-refractivity contribution in [3.63, 3.8) is 0 Å². The van der Waals surface area contributed by atoms with Crippen LogP contribution in [-0.2, 0) is 0 Å². The van der Waals surface area contributed by atoms with E-state index in [-0.39, 0.29) is 5.82 Å². The molecule has 0 spiro atoms. The van der Waals surface area contributed by atoms with Crippen molar-refractivity contribution in [3.05, 3.63) is 247 Å². The van der Waals surface area contributed by atoms with Gasteiger partial charge in [0.1, 0.15) is 17.0 Å². The van der Waals surface area contributed by atoms with Crippen molar-refractivity contribution in [3.8, 4) is 22.3 Å². The summed E-state index contributed by atoms with van der Waals surface area (Å²) in [5.74, 6) is -0.356. The fourth-order valence-corrected chi connectivity index (χ4v) is 11.0. The van der Waals surface area contributed by atoms with E-state index in [9.17, 15) is 0 Å². The summed E-state index contributed by atoms with van der Waals surface area (Å²) in [5, 5.41) is 8.10. The topological polar surface area (TPSA) is 32.8 Å². The summed E-state index contributed by atoms with van der Waals surface area (Å²) in [6.45, 7) is 8.93. The lowest BCUT2D eigenvalue weighted by Gasteiger charge is -2.32. The average Bonchev–Trinajstić information content (AvgIpc) is 4.00. The molecule has 2 heterocycles. The van der Waals surface area contributed by atoms with Crippen LogP contribution in [0.5, 0.6) is 0 Å². The summed E-state index contributed by atoms with van der Waals surface area (Å²) in [6, 6.07) is 74.4. The van der Waals surface area contributed by atoms with E-state index in [0.717, 1.165) is 127 Å². The molecule has 5 heteroatoms. The van der Waals surface area contributed by atoms with Crippen LogP contribution in [-0.4, -0.2) is 0 Å². The summed E-state index contributed by atoms with van der Waals surface area (Å²) >= 11 is 0. The van der Waals surface area contributed by atoms with E-state index in [2.05, 4.69) is 158 Å². The smallest absolute Gasteiger partial charge is 0.159 e. The lowest BCUT2D eigenvalue weighted by molar-refractivity contribution is 0.629. The van der Waals surface area contributed by atoms with Gasteiger partial charge in [0, 0.05) is 43.6 Å². The van der Waals surface area contributed by atoms with E-state index in [1.54, 1.807) is 12.1 Å². The third kappa shape index (κ3) is 6.65. The van der Waals surface area contributed by atoms with Gasteiger partial charge in [-0.3, -0.25) is 0 Å². The Morgan fingerprint density at radius 2 is 0.901 bits per heavy atom. The Morgan fingerprint density at radius 3 is 1.52 bits per heavy atom. The number of furan rings is 2. The number of aryl methyl sites for hydroxylation is 2. The van der Waals surface area contributed by atoms with Crippen molar-refractivity contribution in [2.75, 3.05) is 9.80 Å². The lowest BCUT2D eigenvalue weighted by atomic mass is 9.91. The number of para-hydroxylation sites is 6. The number of hydrogen-bond donors (Lipinski definition) is 0. The summed E-state index contributed by atoms with van der Waals surface area (Å²) in [6.07, 6.45) is 1.99. The molecule has 0 fully saturated rings. The van der Waals surface area contributed by atoms with Gasteiger partial charge >= 0.3 is 0 Å². The van der Waals surface area contributed by atoms with Gasteiger partial charge in [-0.25, -0.2) is 4.39 Å². The third-order valence-corrected chi connectivity index (χ3v) is 14.1. The number of fused-ring (bicyclic) bond motifs is 9. The molecule has 0 saturated heterocycles. The highest BCUT2D eigenvalue weighted by Crippen LogP contribution is 2.52. The molecular formula is C66H45FN2O2. The predicted octanol–water partition coefficient (Wildman–Crippen LogP) is 19.5. The Morgan fingerprint density at radius 1 is 0.394 bits per heavy atom. The van der Waals surface area contributed by atoms with E-state index in [1.807, 2.05) is 84.9 Å². The van der Waals surface area contributed by atoms with Crippen LogP contribution in [0.3, 0.4) is 0 Å². The van der Waals surface area contributed by atoms with E-state index in [4.69, 9.17) is 8.83 Å². The molecule has 13 rings (SSSR count). The van der Waals surface area contributed by atoms with Crippen LogP contribution in [0, 0.1) is 19.7 Å². The highest BCUT2D eigenvalue weighted by atomic mass is 19.1. The average molecular weight is 917 g/mol. The fourth-order valence-electron chi connectivity index (χ4n) is 11.0. The summed E-state index contributed by atoms with van der Waals surface area (Å²) in [4.78, 5) is 4.44. The molecule has 0 radical (unpaired) electrons. The van der Waals surface area contributed by atoms with E-state index in [1.165, 1.54) is 0 Å². The molecule has 0 bridgehead atoms. The predicted molar refractivity (Wildman–Crippen MR) is 296 cm³/mol. The number of nitrogens with zero attached hydrogens (tertiary/aromatic N) is 2. The summed E-state index contributed by atoms with van der Waals surface area (Å²) in [5.41, 5.74) is 14.8. The molecule has 0 atom stereocenters. The fraction of sp³-hybridized carbons (Fsp3) is 0.0303. The molecule has 0 N–H and O–H groups in total. The minimum atomic E-state index is -0.356. The molecule has 13 aromatic rings. The number of benzene rings is 11. The number of hydrogen-bond acceptors (Lipinski definition) is 4. The van der Waals surface area contributed by atoms with E-state index >= 15 is 4.39 Å². The standard InChI is InChI=1S/C66H45FN2O2/c1-4-46-55(68(63-42(3)19-15-26-47(63)43-20-7-5-8-21-43)57-31-17-28-51-49-24-11-13-33-59(49)70-65(51)57)40-37-45-36-38-53-56(39-35-41(2)61(53)62(45)46)69(64-48(27-16-30-54(64)67)44-22-9-6-10-23-44)58-32-18-29-52-50-25-12-14-34-60(50)71-66(52)58/h4-40H,1H2,2-3H3. The summed E-state index contributed by atoms with van der Waals surface area (Å²) in [7, 11) is 0. The molecule has 0 unspecified atom stereocenters. The van der Waals surface area contributed by atoms with Crippen LogP contribution in [0.25, 0.3) is 93.8 Å². The Kier molecular flexibility index (Phi) is 9.92. The normalized spacial score (nSPS) is 11.6. The Hall–Kier alpha value is -9.19. The first-order valence-electron chi connectivity index (χ1n) is 24.0. The molecule has 71 heavy (non-hydrogen) atoms. The zero-order chi connectivity index (χ0) is 47.7. The minimum absolute atomic E-state index is 0.356. The van der Waals surface area contributed by atoms with Crippen LogP contribution >= 0.6 is 0 Å². The van der Waals surface area contributed by atoms with Crippen LogP contribution in [0.15, 0.2) is 234 Å². The highest BCUT2D eigenvalue weighted by molar-refractivity contribution is 6.21. The number of rotatable bonds is 9. The first-order valence-corrected chi connectivity index (χ1v) is 24.0. The number of anilines is 6. The van der Waals surface area contributed by atoms with Crippen LogP contribution < -0.4 is 9.80 Å². The first-order chi connectivity index (χ1) is 35.0. The van der Waals surface area contributed by atoms with Crippen molar-refractivity contribution in [2.24, 2.45) is 0 Å². The first kappa shape index (κ1) is 42.0. The molecule has 0 aliphatic carbocycles. The minimum Gasteiger partial charge on any atom is -0.454 e. The lowest BCUT2D eigenvalue weighted by Crippen LogP contribution is -2.15. The maximum atomic E-state index is 17.3. The van der Waals surface area contributed by atoms with Crippen LogP contribution in [0.4, 0.5) is 38.5 Å². The zero-order valence-corrected chi connectivity index (χ0v) is 39.2. The van der Waals surface area contributed by atoms with Gasteiger partial charge in [-0.15, -0.1) is 0 Å². The Labute approximate surface area is 410 Å². The second kappa shape index (κ2) is 16.8. The van der Waals surface area contributed by atoms with Crippen molar-refractivity contribution >= 4 is 106 Å². The second-order valence-electron chi connectivity index (χ2n) is 18.2. The van der Waals surface area contributed by atoms with Gasteiger partial charge in [0.25, 0.3) is 0 Å². The monoisotopic (exact) mass is 916 g/mol. The Balaban J connectivity index is 1.13. The molecule has 0 aliphatic heterocycles. The Bertz CT molecular complexity index is 4250. The van der Waals surface area contributed by atoms with E-state index in [0.29, 0.717) is 11.3 Å². The van der Waals surface area contributed by atoms with Crippen molar-refractivity contribution in [1.82, 2.24) is 0 Å². The largest absolute Gasteiger partial charge is 0.454 e. The quantitative estimate of drug-likeness (QED) is 0.135. The molecule has 4 nitrogen and oxygen atoms in total. The van der Waals surface area contributed by atoms with Gasteiger partial charge in [0.2, 0.25) is 0 Å². The molecule has 0 aliphatic rings. The van der Waals surface area contributed by atoms with Gasteiger partial charge in [0.05, 0.1) is 34.1 Å². The van der Waals surface area contributed by atoms with Gasteiger partial charge < -0.3 is 18.6 Å². The van der Waals surface area contributed by atoms with Gasteiger partial charge in [-0.1, -0.05) is 189 Å². The molecular weight excluding hydrogens is 872 g/mol. The third-order valence-electron chi connectivity index (χ3n) is 14.1. The zero-order valence-electron chi connectivity index (χ0n) is 39.2. The van der Waals surface area contributed by atoms with Gasteiger partial charge in [0.15, 0.2) is 11.2 Å². The van der Waals surface area contributed by atoms with Crippen molar-refractivity contribution < 1.29 is 13.2 Å². The molecule has 0 amide bonds. The molecule has 338 valence electrons. The van der Waals surface area contributed by atoms with E-state index < -0.39 is 0 Å². The van der Waals surface area contributed by atoms with Gasteiger partial charge in [-0.05, 0) is 94.7 Å². The molecule has 0 saturated carbocycles.